The van der Waals surface area contributed by atoms with Crippen LogP contribution < -0.4 is 5.73 Å². The highest BCUT2D eigenvalue weighted by Crippen LogP contribution is 2.31. The lowest BCUT2D eigenvalue weighted by Gasteiger charge is -2.29. The van der Waals surface area contributed by atoms with Gasteiger partial charge in [-0.3, -0.25) is 4.90 Å². The van der Waals surface area contributed by atoms with Crippen LogP contribution >= 0.6 is 12.4 Å². The van der Waals surface area contributed by atoms with Gasteiger partial charge in [-0.2, -0.15) is 0 Å². The average Bonchev–Trinajstić information content (AvgIpc) is 2.69. The average molecular weight is 269 g/mol. The SMILES string of the molecule is Cc1cccc(C(C)N2CC(CN)CC2C)c1.Cl. The van der Waals surface area contributed by atoms with Crippen molar-refractivity contribution < 1.29 is 0 Å². The molecule has 1 aliphatic heterocycles. The summed E-state index contributed by atoms with van der Waals surface area (Å²) in [6.07, 6.45) is 1.24. The molecule has 2 nitrogen and oxygen atoms in total. The quantitative estimate of drug-likeness (QED) is 0.913. The van der Waals surface area contributed by atoms with E-state index in [1.165, 1.54) is 17.5 Å². The molecule has 18 heavy (non-hydrogen) atoms. The maximum atomic E-state index is 5.79. The summed E-state index contributed by atoms with van der Waals surface area (Å²) in [7, 11) is 0. The van der Waals surface area contributed by atoms with Crippen molar-refractivity contribution in [1.29, 1.82) is 0 Å². The van der Waals surface area contributed by atoms with Crippen LogP contribution in [0.3, 0.4) is 0 Å². The van der Waals surface area contributed by atoms with E-state index in [0.717, 1.165) is 13.1 Å². The van der Waals surface area contributed by atoms with E-state index in [1.54, 1.807) is 0 Å². The fourth-order valence-electron chi connectivity index (χ4n) is 3.00. The van der Waals surface area contributed by atoms with Gasteiger partial charge in [0.15, 0.2) is 0 Å². The molecule has 1 heterocycles. The van der Waals surface area contributed by atoms with E-state index in [9.17, 15) is 0 Å². The van der Waals surface area contributed by atoms with Crippen LogP contribution in [0.15, 0.2) is 24.3 Å². The minimum absolute atomic E-state index is 0. The highest BCUT2D eigenvalue weighted by atomic mass is 35.5. The standard InChI is InChI=1S/C15H24N2.ClH/c1-11-5-4-6-15(7-11)13(3)17-10-14(9-16)8-12(17)2;/h4-7,12-14H,8-10,16H2,1-3H3;1H. The second kappa shape index (κ2) is 6.55. The van der Waals surface area contributed by atoms with E-state index >= 15 is 0 Å². The lowest BCUT2D eigenvalue weighted by Crippen LogP contribution is -2.30. The van der Waals surface area contributed by atoms with E-state index in [2.05, 4.69) is 49.9 Å². The van der Waals surface area contributed by atoms with Crippen LogP contribution in [0, 0.1) is 12.8 Å². The van der Waals surface area contributed by atoms with Crippen molar-refractivity contribution in [2.75, 3.05) is 13.1 Å². The minimum atomic E-state index is 0. The van der Waals surface area contributed by atoms with Crippen molar-refractivity contribution in [3.63, 3.8) is 0 Å². The first-order valence-corrected chi connectivity index (χ1v) is 6.64. The van der Waals surface area contributed by atoms with Gasteiger partial charge in [0.05, 0.1) is 0 Å². The third kappa shape index (κ3) is 3.25. The zero-order chi connectivity index (χ0) is 12.4. The van der Waals surface area contributed by atoms with Crippen LogP contribution in [0.2, 0.25) is 0 Å². The predicted octanol–water partition coefficient (Wildman–Crippen LogP) is 3.15. The number of nitrogens with zero attached hydrogens (tertiary/aromatic N) is 1. The summed E-state index contributed by atoms with van der Waals surface area (Å²) in [6.45, 7) is 8.76. The molecule has 1 aromatic rings. The molecule has 1 aliphatic rings. The number of rotatable bonds is 3. The van der Waals surface area contributed by atoms with Gasteiger partial charge in [0.1, 0.15) is 0 Å². The van der Waals surface area contributed by atoms with Crippen molar-refractivity contribution in [3.05, 3.63) is 35.4 Å². The Hall–Kier alpha value is -0.570. The first kappa shape index (κ1) is 15.5. The van der Waals surface area contributed by atoms with E-state index in [0.29, 0.717) is 18.0 Å². The van der Waals surface area contributed by atoms with Crippen molar-refractivity contribution in [1.82, 2.24) is 4.90 Å². The van der Waals surface area contributed by atoms with E-state index in [4.69, 9.17) is 5.73 Å². The molecule has 3 atom stereocenters. The number of aryl methyl sites for hydroxylation is 1. The monoisotopic (exact) mass is 268 g/mol. The third-order valence-electron chi connectivity index (χ3n) is 4.06. The van der Waals surface area contributed by atoms with E-state index in [1.807, 2.05) is 0 Å². The number of halogens is 1. The fourth-order valence-corrected chi connectivity index (χ4v) is 3.00. The van der Waals surface area contributed by atoms with Gasteiger partial charge in [-0.05, 0) is 45.2 Å². The molecule has 1 aromatic carbocycles. The summed E-state index contributed by atoms with van der Waals surface area (Å²) >= 11 is 0. The molecule has 0 radical (unpaired) electrons. The van der Waals surface area contributed by atoms with Crippen molar-refractivity contribution in [3.8, 4) is 0 Å². The topological polar surface area (TPSA) is 29.3 Å². The van der Waals surface area contributed by atoms with Crippen molar-refractivity contribution in [2.24, 2.45) is 11.7 Å². The molecule has 0 bridgehead atoms. The number of likely N-dealkylation sites (tertiary alicyclic amines) is 1. The molecule has 3 unspecified atom stereocenters. The molecule has 0 saturated carbocycles. The van der Waals surface area contributed by atoms with Crippen LogP contribution in [0.4, 0.5) is 0 Å². The summed E-state index contributed by atoms with van der Waals surface area (Å²) in [5.41, 5.74) is 8.56. The minimum Gasteiger partial charge on any atom is -0.330 e. The second-order valence-electron chi connectivity index (χ2n) is 5.47. The van der Waals surface area contributed by atoms with Gasteiger partial charge in [-0.15, -0.1) is 12.4 Å². The van der Waals surface area contributed by atoms with Crippen molar-refractivity contribution >= 4 is 12.4 Å². The molecule has 2 rings (SSSR count). The molecule has 0 aliphatic carbocycles. The molecule has 0 aromatic heterocycles. The Morgan fingerprint density at radius 1 is 1.44 bits per heavy atom. The highest BCUT2D eigenvalue weighted by Gasteiger charge is 2.31. The molecule has 102 valence electrons. The second-order valence-corrected chi connectivity index (χ2v) is 5.47. The molecule has 0 amide bonds. The van der Waals surface area contributed by atoms with E-state index in [-0.39, 0.29) is 12.4 Å². The molecule has 1 fully saturated rings. The van der Waals surface area contributed by atoms with Gasteiger partial charge >= 0.3 is 0 Å². The number of hydrogen-bond acceptors (Lipinski definition) is 2. The molecular formula is C15H25ClN2. The van der Waals surface area contributed by atoms with Gasteiger partial charge in [-0.25, -0.2) is 0 Å². The largest absolute Gasteiger partial charge is 0.330 e. The summed E-state index contributed by atoms with van der Waals surface area (Å²) in [4.78, 5) is 2.59. The summed E-state index contributed by atoms with van der Waals surface area (Å²) < 4.78 is 0. The Labute approximate surface area is 117 Å². The molecular weight excluding hydrogens is 244 g/mol. The van der Waals surface area contributed by atoms with Gasteiger partial charge < -0.3 is 5.73 Å². The van der Waals surface area contributed by atoms with E-state index < -0.39 is 0 Å². The maximum Gasteiger partial charge on any atom is 0.0322 e. The van der Waals surface area contributed by atoms with Gasteiger partial charge in [-0.1, -0.05) is 29.8 Å². The van der Waals surface area contributed by atoms with Crippen molar-refractivity contribution in [2.45, 2.75) is 39.3 Å². The Balaban J connectivity index is 0.00000162. The number of hydrogen-bond donors (Lipinski definition) is 1. The van der Waals surface area contributed by atoms with Gasteiger partial charge in [0.2, 0.25) is 0 Å². The van der Waals surface area contributed by atoms with Crippen LogP contribution in [0.25, 0.3) is 0 Å². The lowest BCUT2D eigenvalue weighted by molar-refractivity contribution is 0.200. The van der Waals surface area contributed by atoms with Gasteiger partial charge in [0.25, 0.3) is 0 Å². The zero-order valence-electron chi connectivity index (χ0n) is 11.6. The number of benzene rings is 1. The summed E-state index contributed by atoms with van der Waals surface area (Å²) in [5, 5.41) is 0. The fraction of sp³-hybridized carbons (Fsp3) is 0.600. The van der Waals surface area contributed by atoms with Crippen LogP contribution in [-0.2, 0) is 0 Å². The highest BCUT2D eigenvalue weighted by molar-refractivity contribution is 5.85. The van der Waals surface area contributed by atoms with Crippen LogP contribution in [0.5, 0.6) is 0 Å². The maximum absolute atomic E-state index is 5.79. The van der Waals surface area contributed by atoms with Crippen LogP contribution in [-0.4, -0.2) is 24.0 Å². The molecule has 3 heteroatoms. The summed E-state index contributed by atoms with van der Waals surface area (Å²) in [6, 6.07) is 10.0. The van der Waals surface area contributed by atoms with Crippen LogP contribution in [0.1, 0.15) is 37.4 Å². The molecule has 2 N–H and O–H groups in total. The Bertz CT molecular complexity index is 381. The normalized spacial score (nSPS) is 25.8. The lowest BCUT2D eigenvalue weighted by atomic mass is 10.0. The zero-order valence-corrected chi connectivity index (χ0v) is 12.4. The Kier molecular flexibility index (Phi) is 5.64. The number of nitrogens with two attached hydrogens (primary N) is 1. The van der Waals surface area contributed by atoms with Gasteiger partial charge in [0, 0.05) is 18.6 Å². The third-order valence-corrected chi connectivity index (χ3v) is 4.06. The summed E-state index contributed by atoms with van der Waals surface area (Å²) in [5.74, 6) is 0.678. The molecule has 0 spiro atoms. The molecule has 1 saturated heterocycles. The smallest absolute Gasteiger partial charge is 0.0322 e. The predicted molar refractivity (Wildman–Crippen MR) is 80.2 cm³/mol. The first-order valence-electron chi connectivity index (χ1n) is 6.64. The Morgan fingerprint density at radius 3 is 2.72 bits per heavy atom. The first-order chi connectivity index (χ1) is 8.11. The Morgan fingerprint density at radius 2 is 2.17 bits per heavy atom.